The van der Waals surface area contributed by atoms with Crippen LogP contribution in [0.4, 0.5) is 5.82 Å². The summed E-state index contributed by atoms with van der Waals surface area (Å²) in [5.41, 5.74) is 7.22. The second-order valence-electron chi connectivity index (χ2n) is 2.82. The van der Waals surface area contributed by atoms with Gasteiger partial charge in [-0.3, -0.25) is 10.1 Å². The zero-order valence-corrected chi connectivity index (χ0v) is 7.69. The van der Waals surface area contributed by atoms with E-state index in [1.54, 1.807) is 25.6 Å². The van der Waals surface area contributed by atoms with E-state index < -0.39 is 0 Å². The number of hydrogen-bond acceptors (Lipinski definition) is 4. The van der Waals surface area contributed by atoms with E-state index in [9.17, 15) is 0 Å². The molecule has 2 rings (SSSR count). The summed E-state index contributed by atoms with van der Waals surface area (Å²) in [7, 11) is 1.60. The Morgan fingerprint density at radius 2 is 2.21 bits per heavy atom. The number of nitrogens with two attached hydrogens (primary N) is 1. The number of aromatic nitrogens is 3. The number of nitrogens with zero attached hydrogens (tertiary/aromatic N) is 2. The van der Waals surface area contributed by atoms with Crippen LogP contribution in [0.3, 0.4) is 0 Å². The maximum absolute atomic E-state index is 5.49. The second kappa shape index (κ2) is 3.37. The number of nitrogens with one attached hydrogen (secondary N) is 1. The summed E-state index contributed by atoms with van der Waals surface area (Å²) in [6, 6.07) is 3.61. The number of methoxy groups -OCH3 is 1. The molecule has 72 valence electrons. The Labute approximate surface area is 80.9 Å². The predicted octanol–water partition coefficient (Wildman–Crippen LogP) is 1.06. The first-order valence-corrected chi connectivity index (χ1v) is 4.10. The number of aromatic amines is 1. The summed E-state index contributed by atoms with van der Waals surface area (Å²) in [5, 5.41) is 6.64. The monoisotopic (exact) mass is 190 g/mol. The van der Waals surface area contributed by atoms with Gasteiger partial charge in [-0.1, -0.05) is 0 Å². The largest absolute Gasteiger partial charge is 0.495 e. The Balaban J connectivity index is 2.41. The first-order chi connectivity index (χ1) is 6.79. The molecule has 0 aliphatic rings. The Kier molecular flexibility index (Phi) is 2.06. The standard InChI is InChI=1S/C9H10N4O/c1-14-7-2-6(4-11-5-7)8-3-9(10)13-12-8/h2-5H,1H3,(H3,10,12,13). The van der Waals surface area contributed by atoms with Crippen LogP contribution >= 0.6 is 0 Å². The van der Waals surface area contributed by atoms with Crippen molar-refractivity contribution in [1.82, 2.24) is 15.2 Å². The Hall–Kier alpha value is -2.04. The molecule has 0 saturated heterocycles. The van der Waals surface area contributed by atoms with Crippen molar-refractivity contribution >= 4 is 5.82 Å². The van der Waals surface area contributed by atoms with Gasteiger partial charge in [-0.2, -0.15) is 5.10 Å². The molecule has 0 spiro atoms. The molecule has 0 atom stereocenters. The van der Waals surface area contributed by atoms with Gasteiger partial charge < -0.3 is 10.5 Å². The smallest absolute Gasteiger partial charge is 0.145 e. The van der Waals surface area contributed by atoms with Crippen molar-refractivity contribution in [2.45, 2.75) is 0 Å². The van der Waals surface area contributed by atoms with Crippen molar-refractivity contribution in [3.63, 3.8) is 0 Å². The number of nitrogen functional groups attached to an aromatic ring is 1. The maximum atomic E-state index is 5.49. The van der Waals surface area contributed by atoms with E-state index in [1.807, 2.05) is 6.07 Å². The van der Waals surface area contributed by atoms with Crippen LogP contribution in [-0.4, -0.2) is 22.3 Å². The van der Waals surface area contributed by atoms with Gasteiger partial charge in [0.1, 0.15) is 11.6 Å². The van der Waals surface area contributed by atoms with E-state index in [0.29, 0.717) is 11.6 Å². The number of rotatable bonds is 2. The molecule has 2 aromatic heterocycles. The van der Waals surface area contributed by atoms with Crippen molar-refractivity contribution < 1.29 is 4.74 Å². The molecule has 5 nitrogen and oxygen atoms in total. The van der Waals surface area contributed by atoms with Crippen LogP contribution in [0.25, 0.3) is 11.3 Å². The van der Waals surface area contributed by atoms with Gasteiger partial charge in [-0.05, 0) is 6.07 Å². The molecule has 0 aliphatic heterocycles. The first kappa shape index (κ1) is 8.55. The average Bonchev–Trinajstić information content (AvgIpc) is 2.65. The third-order valence-electron chi connectivity index (χ3n) is 1.86. The summed E-state index contributed by atoms with van der Waals surface area (Å²) < 4.78 is 5.06. The Morgan fingerprint density at radius 1 is 1.36 bits per heavy atom. The summed E-state index contributed by atoms with van der Waals surface area (Å²) >= 11 is 0. The topological polar surface area (TPSA) is 76.8 Å². The van der Waals surface area contributed by atoms with Crippen LogP contribution in [0.5, 0.6) is 5.75 Å². The zero-order valence-electron chi connectivity index (χ0n) is 7.69. The fourth-order valence-electron chi connectivity index (χ4n) is 1.16. The summed E-state index contributed by atoms with van der Waals surface area (Å²) in [6.45, 7) is 0. The highest BCUT2D eigenvalue weighted by Crippen LogP contribution is 2.21. The number of ether oxygens (including phenoxy) is 1. The van der Waals surface area contributed by atoms with E-state index in [2.05, 4.69) is 15.2 Å². The number of H-pyrrole nitrogens is 1. The van der Waals surface area contributed by atoms with Crippen LogP contribution in [0.2, 0.25) is 0 Å². The summed E-state index contributed by atoms with van der Waals surface area (Å²) in [6.07, 6.45) is 3.36. The van der Waals surface area contributed by atoms with E-state index in [4.69, 9.17) is 10.5 Å². The highest BCUT2D eigenvalue weighted by Gasteiger charge is 2.02. The molecule has 5 heteroatoms. The van der Waals surface area contributed by atoms with Gasteiger partial charge >= 0.3 is 0 Å². The summed E-state index contributed by atoms with van der Waals surface area (Å²) in [4.78, 5) is 4.03. The van der Waals surface area contributed by atoms with Gasteiger partial charge in [0.05, 0.1) is 19.0 Å². The van der Waals surface area contributed by atoms with E-state index in [0.717, 1.165) is 11.3 Å². The number of pyridine rings is 1. The molecule has 0 amide bonds. The van der Waals surface area contributed by atoms with Crippen LogP contribution in [0.1, 0.15) is 0 Å². The van der Waals surface area contributed by atoms with Crippen molar-refractivity contribution in [2.24, 2.45) is 0 Å². The second-order valence-corrected chi connectivity index (χ2v) is 2.82. The SMILES string of the molecule is COc1cncc(-c2cc(N)n[nH]2)c1. The highest BCUT2D eigenvalue weighted by atomic mass is 16.5. The summed E-state index contributed by atoms with van der Waals surface area (Å²) in [5.74, 6) is 1.17. The highest BCUT2D eigenvalue weighted by molar-refractivity contribution is 5.62. The minimum atomic E-state index is 0.461. The molecule has 0 fully saturated rings. The third-order valence-corrected chi connectivity index (χ3v) is 1.86. The Bertz CT molecular complexity index is 438. The van der Waals surface area contributed by atoms with Crippen molar-refractivity contribution in [2.75, 3.05) is 12.8 Å². The van der Waals surface area contributed by atoms with Crippen LogP contribution in [0, 0.1) is 0 Å². The van der Waals surface area contributed by atoms with Crippen molar-refractivity contribution in [3.05, 3.63) is 24.5 Å². The fraction of sp³-hybridized carbons (Fsp3) is 0.111. The average molecular weight is 190 g/mol. The molecule has 0 aromatic carbocycles. The molecule has 2 aromatic rings. The van der Waals surface area contributed by atoms with Gasteiger partial charge in [-0.25, -0.2) is 0 Å². The van der Waals surface area contributed by atoms with Crippen molar-refractivity contribution in [1.29, 1.82) is 0 Å². The van der Waals surface area contributed by atoms with E-state index in [-0.39, 0.29) is 0 Å². The lowest BCUT2D eigenvalue weighted by Gasteiger charge is -2.00. The zero-order chi connectivity index (χ0) is 9.97. The molecule has 0 radical (unpaired) electrons. The fourth-order valence-corrected chi connectivity index (χ4v) is 1.16. The van der Waals surface area contributed by atoms with Gasteiger partial charge in [0.15, 0.2) is 0 Å². The van der Waals surface area contributed by atoms with E-state index >= 15 is 0 Å². The minimum absolute atomic E-state index is 0.461. The van der Waals surface area contributed by atoms with Gasteiger partial charge in [-0.15, -0.1) is 0 Å². The molecular weight excluding hydrogens is 180 g/mol. The van der Waals surface area contributed by atoms with Gasteiger partial charge in [0.25, 0.3) is 0 Å². The molecule has 0 unspecified atom stereocenters. The normalized spacial score (nSPS) is 10.1. The number of anilines is 1. The Morgan fingerprint density at radius 3 is 2.86 bits per heavy atom. The lowest BCUT2D eigenvalue weighted by atomic mass is 10.2. The molecule has 14 heavy (non-hydrogen) atoms. The van der Waals surface area contributed by atoms with Crippen LogP contribution < -0.4 is 10.5 Å². The minimum Gasteiger partial charge on any atom is -0.495 e. The lowest BCUT2D eigenvalue weighted by molar-refractivity contribution is 0.413. The van der Waals surface area contributed by atoms with E-state index in [1.165, 1.54) is 0 Å². The third kappa shape index (κ3) is 1.52. The lowest BCUT2D eigenvalue weighted by Crippen LogP contribution is -1.86. The number of hydrogen-bond donors (Lipinski definition) is 2. The van der Waals surface area contributed by atoms with Crippen molar-refractivity contribution in [3.8, 4) is 17.0 Å². The van der Waals surface area contributed by atoms with Crippen LogP contribution in [-0.2, 0) is 0 Å². The quantitative estimate of drug-likeness (QED) is 0.742. The predicted molar refractivity (Wildman–Crippen MR) is 52.8 cm³/mol. The molecule has 0 bridgehead atoms. The molecule has 2 heterocycles. The van der Waals surface area contributed by atoms with Crippen LogP contribution in [0.15, 0.2) is 24.5 Å². The van der Waals surface area contributed by atoms with Gasteiger partial charge in [0.2, 0.25) is 0 Å². The molecular formula is C9H10N4O. The van der Waals surface area contributed by atoms with Gasteiger partial charge in [0, 0.05) is 17.8 Å². The molecule has 0 aliphatic carbocycles. The molecule has 3 N–H and O–H groups in total. The first-order valence-electron chi connectivity index (χ1n) is 4.10. The molecule has 0 saturated carbocycles. The maximum Gasteiger partial charge on any atom is 0.145 e.